The fraction of sp³-hybridized carbons (Fsp3) is 0.455. The predicted molar refractivity (Wildman–Crippen MR) is 59.1 cm³/mol. The molecule has 0 aliphatic carbocycles. The van der Waals surface area contributed by atoms with Crippen LogP contribution in [0.2, 0.25) is 0 Å². The van der Waals surface area contributed by atoms with Crippen LogP contribution in [0.4, 0.5) is 13.2 Å². The molecule has 0 saturated heterocycles. The first kappa shape index (κ1) is 14.3. The Morgan fingerprint density at radius 1 is 1.39 bits per heavy atom. The van der Waals surface area contributed by atoms with Crippen LogP contribution in [0.5, 0.6) is 0 Å². The Bertz CT molecular complexity index is 518. The normalized spacial score (nSPS) is 11.9. The van der Waals surface area contributed by atoms with Crippen LogP contribution in [-0.4, -0.2) is 10.5 Å². The van der Waals surface area contributed by atoms with Gasteiger partial charge in [0.2, 0.25) is 0 Å². The second-order valence-electron chi connectivity index (χ2n) is 4.30. The van der Waals surface area contributed by atoms with Crippen LogP contribution in [0, 0.1) is 5.92 Å². The number of amides is 1. The number of hydrogen-bond acceptors (Lipinski definition) is 2. The van der Waals surface area contributed by atoms with E-state index in [4.69, 9.17) is 5.73 Å². The largest absolute Gasteiger partial charge is 0.431 e. The molecule has 1 rings (SSSR count). The van der Waals surface area contributed by atoms with Gasteiger partial charge in [-0.05, 0) is 18.1 Å². The Hall–Kier alpha value is -1.79. The van der Waals surface area contributed by atoms with E-state index in [2.05, 4.69) is 0 Å². The van der Waals surface area contributed by atoms with Crippen molar-refractivity contribution in [2.45, 2.75) is 26.6 Å². The number of nitrogens with two attached hydrogens (primary N) is 1. The van der Waals surface area contributed by atoms with Crippen molar-refractivity contribution in [3.63, 3.8) is 0 Å². The molecule has 1 aromatic rings. The van der Waals surface area contributed by atoms with Crippen LogP contribution in [0.3, 0.4) is 0 Å². The van der Waals surface area contributed by atoms with Crippen molar-refractivity contribution in [2.24, 2.45) is 11.7 Å². The minimum atomic E-state index is -4.65. The molecule has 1 aromatic heterocycles. The van der Waals surface area contributed by atoms with Crippen LogP contribution in [-0.2, 0) is 12.7 Å². The Morgan fingerprint density at radius 2 is 1.94 bits per heavy atom. The van der Waals surface area contributed by atoms with Gasteiger partial charge in [-0.25, -0.2) is 0 Å². The minimum absolute atomic E-state index is 0.130. The third-order valence-corrected chi connectivity index (χ3v) is 2.28. The van der Waals surface area contributed by atoms with Gasteiger partial charge in [0, 0.05) is 6.54 Å². The molecule has 2 N–H and O–H groups in total. The molecule has 0 radical (unpaired) electrons. The average Bonchev–Trinajstić information content (AvgIpc) is 2.17. The van der Waals surface area contributed by atoms with Crippen molar-refractivity contribution in [2.75, 3.05) is 0 Å². The van der Waals surface area contributed by atoms with Crippen LogP contribution >= 0.6 is 0 Å². The monoisotopic (exact) mass is 262 g/mol. The molecule has 0 aromatic carbocycles. The Balaban J connectivity index is 3.52. The van der Waals surface area contributed by atoms with E-state index in [9.17, 15) is 22.8 Å². The highest BCUT2D eigenvalue weighted by Gasteiger charge is 2.35. The standard InChI is InChI=1S/C11H13F3N2O2/c1-6(2)5-16-8(11(12,13)14)4-3-7(9(15)17)10(16)18/h3-4,6H,5H2,1-2H3,(H2,15,17). The zero-order chi connectivity index (χ0) is 14.1. The molecule has 0 bridgehead atoms. The van der Waals surface area contributed by atoms with Gasteiger partial charge in [0.05, 0.1) is 0 Å². The molecular weight excluding hydrogens is 249 g/mol. The Morgan fingerprint density at radius 3 is 2.33 bits per heavy atom. The van der Waals surface area contributed by atoms with Crippen molar-refractivity contribution >= 4 is 5.91 Å². The van der Waals surface area contributed by atoms with Gasteiger partial charge in [0.15, 0.2) is 0 Å². The molecule has 100 valence electrons. The molecule has 1 amide bonds. The van der Waals surface area contributed by atoms with Crippen LogP contribution < -0.4 is 11.3 Å². The topological polar surface area (TPSA) is 65.1 Å². The summed E-state index contributed by atoms with van der Waals surface area (Å²) < 4.78 is 38.8. The zero-order valence-electron chi connectivity index (χ0n) is 9.91. The summed E-state index contributed by atoms with van der Waals surface area (Å²) in [7, 11) is 0. The number of carbonyl (C=O) groups is 1. The summed E-state index contributed by atoms with van der Waals surface area (Å²) in [5, 5.41) is 0. The lowest BCUT2D eigenvalue weighted by atomic mass is 10.1. The van der Waals surface area contributed by atoms with E-state index in [0.717, 1.165) is 6.07 Å². The van der Waals surface area contributed by atoms with Gasteiger partial charge in [0.1, 0.15) is 11.3 Å². The number of nitrogens with zero attached hydrogens (tertiary/aromatic N) is 1. The quantitative estimate of drug-likeness (QED) is 0.899. The van der Waals surface area contributed by atoms with E-state index in [1.165, 1.54) is 0 Å². The van der Waals surface area contributed by atoms with Crippen LogP contribution in [0.1, 0.15) is 29.9 Å². The highest BCUT2D eigenvalue weighted by molar-refractivity contribution is 5.92. The van der Waals surface area contributed by atoms with Gasteiger partial charge in [-0.15, -0.1) is 0 Å². The Kier molecular flexibility index (Phi) is 3.83. The van der Waals surface area contributed by atoms with Crippen molar-refractivity contribution in [3.05, 3.63) is 33.7 Å². The SMILES string of the molecule is CC(C)Cn1c(C(F)(F)F)ccc(C(N)=O)c1=O. The number of carbonyl (C=O) groups excluding carboxylic acids is 1. The smallest absolute Gasteiger partial charge is 0.365 e. The van der Waals surface area contributed by atoms with Crippen molar-refractivity contribution in [1.29, 1.82) is 0 Å². The number of rotatable bonds is 3. The van der Waals surface area contributed by atoms with Gasteiger partial charge in [-0.1, -0.05) is 13.8 Å². The number of hydrogen-bond donors (Lipinski definition) is 1. The minimum Gasteiger partial charge on any atom is -0.365 e. The van der Waals surface area contributed by atoms with Crippen molar-refractivity contribution < 1.29 is 18.0 Å². The maximum absolute atomic E-state index is 12.7. The highest BCUT2D eigenvalue weighted by atomic mass is 19.4. The van der Waals surface area contributed by atoms with E-state index in [-0.39, 0.29) is 12.5 Å². The molecule has 0 aliphatic heterocycles. The highest BCUT2D eigenvalue weighted by Crippen LogP contribution is 2.28. The summed E-state index contributed by atoms with van der Waals surface area (Å²) in [6.45, 7) is 3.21. The molecule has 1 heterocycles. The number of primary amides is 1. The lowest BCUT2D eigenvalue weighted by molar-refractivity contribution is -0.144. The number of aromatic nitrogens is 1. The number of pyridine rings is 1. The molecule has 0 unspecified atom stereocenters. The van der Waals surface area contributed by atoms with E-state index < -0.39 is 28.9 Å². The summed E-state index contributed by atoms with van der Waals surface area (Å²) in [6, 6.07) is 1.51. The summed E-state index contributed by atoms with van der Waals surface area (Å²) in [5.74, 6) is -1.21. The van der Waals surface area contributed by atoms with Crippen LogP contribution in [0.15, 0.2) is 16.9 Å². The lowest BCUT2D eigenvalue weighted by Gasteiger charge is -2.17. The average molecular weight is 262 g/mol. The summed E-state index contributed by atoms with van der Waals surface area (Å²) in [4.78, 5) is 22.7. The Labute approximate surface area is 101 Å². The first-order valence-corrected chi connectivity index (χ1v) is 5.25. The zero-order valence-corrected chi connectivity index (χ0v) is 9.91. The second kappa shape index (κ2) is 4.83. The summed E-state index contributed by atoms with van der Waals surface area (Å²) >= 11 is 0. The fourth-order valence-electron chi connectivity index (χ4n) is 1.56. The third kappa shape index (κ3) is 2.91. The maximum atomic E-state index is 12.7. The predicted octanol–water partition coefficient (Wildman–Crippen LogP) is 1.62. The maximum Gasteiger partial charge on any atom is 0.431 e. The van der Waals surface area contributed by atoms with E-state index >= 15 is 0 Å². The second-order valence-corrected chi connectivity index (χ2v) is 4.30. The van der Waals surface area contributed by atoms with Gasteiger partial charge in [0.25, 0.3) is 11.5 Å². The van der Waals surface area contributed by atoms with Gasteiger partial charge >= 0.3 is 6.18 Å². The van der Waals surface area contributed by atoms with Gasteiger partial charge in [-0.2, -0.15) is 13.2 Å². The van der Waals surface area contributed by atoms with Gasteiger partial charge in [-0.3, -0.25) is 9.59 Å². The molecule has 4 nitrogen and oxygen atoms in total. The van der Waals surface area contributed by atoms with Crippen molar-refractivity contribution in [1.82, 2.24) is 4.57 Å². The first-order valence-electron chi connectivity index (χ1n) is 5.25. The lowest BCUT2D eigenvalue weighted by Crippen LogP contribution is -2.34. The molecule has 0 spiro atoms. The molecule has 7 heteroatoms. The number of alkyl halides is 3. The molecule has 0 saturated carbocycles. The third-order valence-electron chi connectivity index (χ3n) is 2.28. The molecule has 18 heavy (non-hydrogen) atoms. The fourth-order valence-corrected chi connectivity index (χ4v) is 1.56. The van der Waals surface area contributed by atoms with E-state index in [0.29, 0.717) is 10.6 Å². The molecule has 0 atom stereocenters. The summed E-state index contributed by atoms with van der Waals surface area (Å²) in [6.07, 6.45) is -4.65. The summed E-state index contributed by atoms with van der Waals surface area (Å²) in [5.41, 5.74) is 2.41. The van der Waals surface area contributed by atoms with Gasteiger partial charge < -0.3 is 10.3 Å². The van der Waals surface area contributed by atoms with E-state index in [1.54, 1.807) is 13.8 Å². The molecule has 0 fully saturated rings. The van der Waals surface area contributed by atoms with Crippen LogP contribution in [0.25, 0.3) is 0 Å². The van der Waals surface area contributed by atoms with Crippen molar-refractivity contribution in [3.8, 4) is 0 Å². The molecular formula is C11H13F3N2O2. The first-order chi connectivity index (χ1) is 8.14. The molecule has 0 aliphatic rings. The van der Waals surface area contributed by atoms with E-state index in [1.807, 2.05) is 0 Å². The number of halogens is 3.